The summed E-state index contributed by atoms with van der Waals surface area (Å²) < 4.78 is 12.1. The van der Waals surface area contributed by atoms with Crippen LogP contribution in [0.5, 0.6) is 5.75 Å². The first-order valence-electron chi connectivity index (χ1n) is 8.84. The summed E-state index contributed by atoms with van der Waals surface area (Å²) in [6.07, 6.45) is 0.396. The average Bonchev–Trinajstić information content (AvgIpc) is 3.22. The van der Waals surface area contributed by atoms with E-state index in [4.69, 9.17) is 9.26 Å². The van der Waals surface area contributed by atoms with Crippen LogP contribution in [0.3, 0.4) is 0 Å². The molecule has 0 unspecified atom stereocenters. The minimum absolute atomic E-state index is 0.177. The fourth-order valence-corrected chi connectivity index (χ4v) is 2.87. The first-order valence-corrected chi connectivity index (χ1v) is 8.84. The van der Waals surface area contributed by atoms with E-state index in [0.29, 0.717) is 30.4 Å². The average molecular weight is 374 g/mol. The van der Waals surface area contributed by atoms with E-state index in [-0.39, 0.29) is 5.56 Å². The standard InChI is InChI=1S/C21H18N4O3/c1-27-18-10-6-5-9-16(18)21-22-19(28-24-21)13-14-25-20(26)12-11-17(23-25)15-7-3-2-4-8-15/h2-12H,13-14H2,1H3. The van der Waals surface area contributed by atoms with Gasteiger partial charge in [0, 0.05) is 18.1 Å². The van der Waals surface area contributed by atoms with E-state index in [2.05, 4.69) is 15.2 Å². The van der Waals surface area contributed by atoms with Gasteiger partial charge in [-0.15, -0.1) is 0 Å². The summed E-state index contributed by atoms with van der Waals surface area (Å²) in [7, 11) is 1.59. The van der Waals surface area contributed by atoms with Crippen LogP contribution >= 0.6 is 0 Å². The molecule has 2 aromatic heterocycles. The highest BCUT2D eigenvalue weighted by Gasteiger charge is 2.13. The van der Waals surface area contributed by atoms with Crippen molar-refractivity contribution in [3.8, 4) is 28.4 Å². The monoisotopic (exact) mass is 374 g/mol. The number of nitrogens with zero attached hydrogens (tertiary/aromatic N) is 4. The summed E-state index contributed by atoms with van der Waals surface area (Å²) in [6.45, 7) is 0.340. The van der Waals surface area contributed by atoms with Crippen molar-refractivity contribution in [3.63, 3.8) is 0 Å². The Kier molecular flexibility index (Phi) is 4.97. The minimum Gasteiger partial charge on any atom is -0.496 e. The van der Waals surface area contributed by atoms with Crippen LogP contribution < -0.4 is 10.3 Å². The second kappa shape index (κ2) is 7.87. The normalized spacial score (nSPS) is 10.8. The van der Waals surface area contributed by atoms with Gasteiger partial charge in [-0.05, 0) is 18.2 Å². The Hall–Kier alpha value is -3.74. The van der Waals surface area contributed by atoms with E-state index in [1.807, 2.05) is 54.6 Å². The van der Waals surface area contributed by atoms with Crippen LogP contribution in [0.15, 0.2) is 76.0 Å². The second-order valence-electron chi connectivity index (χ2n) is 6.11. The molecule has 0 N–H and O–H groups in total. The molecule has 2 heterocycles. The van der Waals surface area contributed by atoms with Crippen LogP contribution in [0.2, 0.25) is 0 Å². The molecule has 0 fully saturated rings. The number of methoxy groups -OCH3 is 1. The summed E-state index contributed by atoms with van der Waals surface area (Å²) >= 11 is 0. The van der Waals surface area contributed by atoms with Gasteiger partial charge in [0.15, 0.2) is 0 Å². The van der Waals surface area contributed by atoms with Crippen molar-refractivity contribution >= 4 is 0 Å². The third-order valence-corrected chi connectivity index (χ3v) is 4.29. The van der Waals surface area contributed by atoms with Crippen LogP contribution in [0.1, 0.15) is 5.89 Å². The molecule has 140 valence electrons. The van der Waals surface area contributed by atoms with Gasteiger partial charge < -0.3 is 9.26 Å². The molecule has 0 radical (unpaired) electrons. The van der Waals surface area contributed by atoms with Crippen LogP contribution in [0, 0.1) is 0 Å². The van der Waals surface area contributed by atoms with Crippen LogP contribution in [-0.2, 0) is 13.0 Å². The summed E-state index contributed by atoms with van der Waals surface area (Å²) in [6, 6.07) is 20.4. The van der Waals surface area contributed by atoms with Gasteiger partial charge in [0.1, 0.15) is 5.75 Å². The summed E-state index contributed by atoms with van der Waals surface area (Å²) in [5.74, 6) is 1.55. The van der Waals surface area contributed by atoms with Crippen molar-refractivity contribution in [2.45, 2.75) is 13.0 Å². The molecule has 0 spiro atoms. The van der Waals surface area contributed by atoms with Gasteiger partial charge in [-0.3, -0.25) is 4.79 Å². The Morgan fingerprint density at radius 1 is 1.00 bits per heavy atom. The van der Waals surface area contributed by atoms with Crippen molar-refractivity contribution in [2.75, 3.05) is 7.11 Å². The molecule has 28 heavy (non-hydrogen) atoms. The zero-order valence-corrected chi connectivity index (χ0v) is 15.3. The molecular weight excluding hydrogens is 356 g/mol. The highest BCUT2D eigenvalue weighted by molar-refractivity contribution is 5.63. The van der Waals surface area contributed by atoms with Gasteiger partial charge in [0.05, 0.1) is 24.9 Å². The molecule has 4 rings (SSSR count). The van der Waals surface area contributed by atoms with Crippen LogP contribution in [-0.4, -0.2) is 27.0 Å². The lowest BCUT2D eigenvalue weighted by atomic mass is 10.1. The maximum atomic E-state index is 12.2. The Morgan fingerprint density at radius 3 is 2.61 bits per heavy atom. The molecule has 0 atom stereocenters. The van der Waals surface area contributed by atoms with E-state index in [0.717, 1.165) is 16.8 Å². The summed E-state index contributed by atoms with van der Waals surface area (Å²) in [5.41, 5.74) is 2.26. The Bertz CT molecular complexity index is 1140. The smallest absolute Gasteiger partial charge is 0.266 e. The third kappa shape index (κ3) is 3.68. The first kappa shape index (κ1) is 17.7. The lowest BCUT2D eigenvalue weighted by Crippen LogP contribution is -2.23. The molecule has 4 aromatic rings. The maximum Gasteiger partial charge on any atom is 0.266 e. The molecule has 0 aliphatic rings. The van der Waals surface area contributed by atoms with E-state index >= 15 is 0 Å². The number of hydrogen-bond acceptors (Lipinski definition) is 6. The largest absolute Gasteiger partial charge is 0.496 e. The number of ether oxygens (including phenoxy) is 1. The predicted octanol–water partition coefficient (Wildman–Crippen LogP) is 3.21. The van der Waals surface area contributed by atoms with Crippen LogP contribution in [0.4, 0.5) is 0 Å². The fourth-order valence-electron chi connectivity index (χ4n) is 2.87. The van der Waals surface area contributed by atoms with Gasteiger partial charge in [-0.2, -0.15) is 10.1 Å². The van der Waals surface area contributed by atoms with Gasteiger partial charge in [0.2, 0.25) is 11.7 Å². The second-order valence-corrected chi connectivity index (χ2v) is 6.11. The van der Waals surface area contributed by atoms with E-state index in [9.17, 15) is 4.79 Å². The molecule has 7 nitrogen and oxygen atoms in total. The Balaban J connectivity index is 1.53. The topological polar surface area (TPSA) is 83.0 Å². The number of aryl methyl sites for hydroxylation is 2. The fraction of sp³-hybridized carbons (Fsp3) is 0.143. The first-order chi connectivity index (χ1) is 13.7. The lowest BCUT2D eigenvalue weighted by molar-refractivity contribution is 0.367. The van der Waals surface area contributed by atoms with Gasteiger partial charge >= 0.3 is 0 Å². The zero-order chi connectivity index (χ0) is 19.3. The maximum absolute atomic E-state index is 12.2. The van der Waals surface area contributed by atoms with Gasteiger partial charge in [0.25, 0.3) is 5.56 Å². The molecule has 0 saturated heterocycles. The van der Waals surface area contributed by atoms with Crippen molar-refractivity contribution < 1.29 is 9.26 Å². The summed E-state index contributed by atoms with van der Waals surface area (Å²) in [5, 5.41) is 8.47. The Morgan fingerprint density at radius 2 is 1.79 bits per heavy atom. The van der Waals surface area contributed by atoms with Crippen molar-refractivity contribution in [3.05, 3.63) is 83.0 Å². The number of rotatable bonds is 6. The van der Waals surface area contributed by atoms with E-state index in [1.54, 1.807) is 13.2 Å². The van der Waals surface area contributed by atoms with Crippen molar-refractivity contribution in [1.29, 1.82) is 0 Å². The molecule has 7 heteroatoms. The van der Waals surface area contributed by atoms with Gasteiger partial charge in [-0.1, -0.05) is 47.6 Å². The van der Waals surface area contributed by atoms with E-state index < -0.39 is 0 Å². The molecule has 0 saturated carbocycles. The molecule has 0 amide bonds. The number of para-hydroxylation sites is 1. The highest BCUT2D eigenvalue weighted by Crippen LogP contribution is 2.27. The van der Waals surface area contributed by atoms with Crippen molar-refractivity contribution in [2.24, 2.45) is 0 Å². The highest BCUT2D eigenvalue weighted by atomic mass is 16.5. The number of aromatic nitrogens is 4. The van der Waals surface area contributed by atoms with Gasteiger partial charge in [-0.25, -0.2) is 4.68 Å². The Labute approximate surface area is 161 Å². The molecule has 0 bridgehead atoms. The number of benzene rings is 2. The van der Waals surface area contributed by atoms with Crippen LogP contribution in [0.25, 0.3) is 22.6 Å². The molecule has 0 aliphatic carbocycles. The van der Waals surface area contributed by atoms with Crippen molar-refractivity contribution in [1.82, 2.24) is 19.9 Å². The lowest BCUT2D eigenvalue weighted by Gasteiger charge is -2.05. The molecular formula is C21H18N4O3. The quantitative estimate of drug-likeness (QED) is 0.515. The molecule has 0 aliphatic heterocycles. The number of hydrogen-bond donors (Lipinski definition) is 0. The SMILES string of the molecule is COc1ccccc1-c1noc(CCn2nc(-c3ccccc3)ccc2=O)n1. The zero-order valence-electron chi connectivity index (χ0n) is 15.3. The predicted molar refractivity (Wildman–Crippen MR) is 104 cm³/mol. The van der Waals surface area contributed by atoms with E-state index in [1.165, 1.54) is 10.7 Å². The third-order valence-electron chi connectivity index (χ3n) is 4.29. The minimum atomic E-state index is -0.177. The molecule has 2 aromatic carbocycles. The summed E-state index contributed by atoms with van der Waals surface area (Å²) in [4.78, 5) is 16.6.